The van der Waals surface area contributed by atoms with Crippen molar-refractivity contribution in [2.75, 3.05) is 44.4 Å². The molecule has 0 radical (unpaired) electrons. The highest BCUT2D eigenvalue weighted by Crippen LogP contribution is 2.21. The first kappa shape index (κ1) is 18.7. The smallest absolute Gasteiger partial charge is 0.227 e. The molecule has 1 aromatic heterocycles. The number of aromatic nitrogens is 2. The summed E-state index contributed by atoms with van der Waals surface area (Å²) in [5.41, 5.74) is 3.10. The van der Waals surface area contributed by atoms with Crippen molar-refractivity contribution in [1.29, 1.82) is 0 Å². The minimum atomic E-state index is 0.126. The standard InChI is InChI=1S/C21H26N4O3/c1-2-28-18-5-3-16(4-6-18)13-20(26)25-8-7-17-14-22-21(23-19(17)15-25)24-9-11-27-12-10-24/h3-6,14H,2,7-13,15H2,1H3. The van der Waals surface area contributed by atoms with Crippen molar-refractivity contribution in [1.82, 2.24) is 14.9 Å². The Morgan fingerprint density at radius 2 is 1.96 bits per heavy atom. The fourth-order valence-electron chi connectivity index (χ4n) is 3.58. The number of carbonyl (C=O) groups is 1. The zero-order valence-corrected chi connectivity index (χ0v) is 16.3. The van der Waals surface area contributed by atoms with Crippen LogP contribution < -0.4 is 9.64 Å². The van der Waals surface area contributed by atoms with Gasteiger partial charge in [0.25, 0.3) is 0 Å². The van der Waals surface area contributed by atoms with E-state index in [0.717, 1.165) is 48.0 Å². The van der Waals surface area contributed by atoms with E-state index in [1.54, 1.807) is 0 Å². The lowest BCUT2D eigenvalue weighted by molar-refractivity contribution is -0.131. The average molecular weight is 382 g/mol. The van der Waals surface area contributed by atoms with Crippen molar-refractivity contribution >= 4 is 11.9 Å². The van der Waals surface area contributed by atoms with Gasteiger partial charge in [0, 0.05) is 25.8 Å². The van der Waals surface area contributed by atoms with E-state index in [4.69, 9.17) is 14.5 Å². The third-order valence-corrected chi connectivity index (χ3v) is 5.17. The van der Waals surface area contributed by atoms with Gasteiger partial charge in [-0.3, -0.25) is 4.79 Å². The van der Waals surface area contributed by atoms with Gasteiger partial charge in [-0.05, 0) is 36.6 Å². The number of morpholine rings is 1. The van der Waals surface area contributed by atoms with E-state index < -0.39 is 0 Å². The van der Waals surface area contributed by atoms with Gasteiger partial charge in [0.2, 0.25) is 11.9 Å². The van der Waals surface area contributed by atoms with Crippen molar-refractivity contribution in [2.24, 2.45) is 0 Å². The molecule has 4 rings (SSSR count). The molecule has 3 heterocycles. The van der Waals surface area contributed by atoms with Gasteiger partial charge in [-0.1, -0.05) is 12.1 Å². The number of hydrogen-bond acceptors (Lipinski definition) is 6. The Morgan fingerprint density at radius 1 is 1.18 bits per heavy atom. The highest BCUT2D eigenvalue weighted by Gasteiger charge is 2.24. The number of ether oxygens (including phenoxy) is 2. The minimum absolute atomic E-state index is 0.126. The minimum Gasteiger partial charge on any atom is -0.494 e. The number of fused-ring (bicyclic) bond motifs is 1. The average Bonchev–Trinajstić information content (AvgIpc) is 2.75. The van der Waals surface area contributed by atoms with Crippen molar-refractivity contribution in [2.45, 2.75) is 26.3 Å². The number of amides is 1. The summed E-state index contributed by atoms with van der Waals surface area (Å²) in [5.74, 6) is 1.70. The maximum Gasteiger partial charge on any atom is 0.227 e. The number of anilines is 1. The van der Waals surface area contributed by atoms with E-state index in [9.17, 15) is 4.79 Å². The summed E-state index contributed by atoms with van der Waals surface area (Å²) in [4.78, 5) is 26.1. The normalized spacial score (nSPS) is 16.6. The molecule has 1 amide bonds. The van der Waals surface area contributed by atoms with Crippen LogP contribution in [0.4, 0.5) is 5.95 Å². The van der Waals surface area contributed by atoms with Crippen molar-refractivity contribution in [3.8, 4) is 5.75 Å². The number of benzene rings is 1. The number of carbonyl (C=O) groups excluding carboxylic acids is 1. The van der Waals surface area contributed by atoms with Crippen LogP contribution in [-0.2, 0) is 28.9 Å². The first-order valence-electron chi connectivity index (χ1n) is 9.90. The topological polar surface area (TPSA) is 67.8 Å². The van der Waals surface area contributed by atoms with Crippen molar-refractivity contribution in [3.63, 3.8) is 0 Å². The maximum atomic E-state index is 12.8. The number of nitrogens with zero attached hydrogens (tertiary/aromatic N) is 4. The molecule has 0 N–H and O–H groups in total. The molecule has 1 saturated heterocycles. The van der Waals surface area contributed by atoms with Crippen LogP contribution >= 0.6 is 0 Å². The second-order valence-electron chi connectivity index (χ2n) is 7.06. The molecule has 2 aliphatic heterocycles. The first-order chi connectivity index (χ1) is 13.7. The Labute approximate surface area is 165 Å². The van der Waals surface area contributed by atoms with Crippen molar-refractivity contribution in [3.05, 3.63) is 47.3 Å². The Balaban J connectivity index is 1.41. The Hall–Kier alpha value is -2.67. The Morgan fingerprint density at radius 3 is 2.71 bits per heavy atom. The van der Waals surface area contributed by atoms with Crippen LogP contribution in [0.5, 0.6) is 5.75 Å². The van der Waals surface area contributed by atoms with Crippen LogP contribution in [-0.4, -0.2) is 60.2 Å². The summed E-state index contributed by atoms with van der Waals surface area (Å²) >= 11 is 0. The third-order valence-electron chi connectivity index (χ3n) is 5.17. The number of hydrogen-bond donors (Lipinski definition) is 0. The zero-order valence-electron chi connectivity index (χ0n) is 16.3. The van der Waals surface area contributed by atoms with Gasteiger partial charge in [-0.15, -0.1) is 0 Å². The molecule has 0 aliphatic carbocycles. The molecule has 148 valence electrons. The van der Waals surface area contributed by atoms with Gasteiger partial charge in [0.05, 0.1) is 38.5 Å². The molecule has 0 unspecified atom stereocenters. The molecule has 7 nitrogen and oxygen atoms in total. The Kier molecular flexibility index (Phi) is 5.71. The second-order valence-corrected chi connectivity index (χ2v) is 7.06. The fourth-order valence-corrected chi connectivity index (χ4v) is 3.58. The monoisotopic (exact) mass is 382 g/mol. The lowest BCUT2D eigenvalue weighted by Gasteiger charge is -2.30. The van der Waals surface area contributed by atoms with Gasteiger partial charge >= 0.3 is 0 Å². The lowest BCUT2D eigenvalue weighted by atomic mass is 10.1. The molecular formula is C21H26N4O3. The van der Waals surface area contributed by atoms with Crippen LogP contribution in [0.2, 0.25) is 0 Å². The maximum absolute atomic E-state index is 12.8. The van der Waals surface area contributed by atoms with E-state index in [-0.39, 0.29) is 5.91 Å². The van der Waals surface area contributed by atoms with Gasteiger partial charge in [0.1, 0.15) is 5.75 Å². The molecule has 0 spiro atoms. The van der Waals surface area contributed by atoms with Gasteiger partial charge in [-0.25, -0.2) is 9.97 Å². The lowest BCUT2D eigenvalue weighted by Crippen LogP contribution is -2.39. The molecule has 1 fully saturated rings. The molecule has 28 heavy (non-hydrogen) atoms. The first-order valence-corrected chi connectivity index (χ1v) is 9.90. The van der Waals surface area contributed by atoms with Crippen LogP contribution in [0.25, 0.3) is 0 Å². The molecule has 0 bridgehead atoms. The third kappa shape index (κ3) is 4.25. The molecular weight excluding hydrogens is 356 g/mol. The quantitative estimate of drug-likeness (QED) is 0.786. The predicted molar refractivity (Wildman–Crippen MR) is 106 cm³/mol. The van der Waals surface area contributed by atoms with Gasteiger partial charge in [0.15, 0.2) is 0 Å². The zero-order chi connectivity index (χ0) is 19.3. The molecule has 1 aromatic carbocycles. The van der Waals surface area contributed by atoms with Crippen LogP contribution in [0.3, 0.4) is 0 Å². The van der Waals surface area contributed by atoms with Gasteiger partial charge in [-0.2, -0.15) is 0 Å². The van der Waals surface area contributed by atoms with Crippen LogP contribution in [0.1, 0.15) is 23.7 Å². The fraction of sp³-hybridized carbons (Fsp3) is 0.476. The van der Waals surface area contributed by atoms with Crippen molar-refractivity contribution < 1.29 is 14.3 Å². The predicted octanol–water partition coefficient (Wildman–Crippen LogP) is 1.84. The molecule has 2 aliphatic rings. The SMILES string of the molecule is CCOc1ccc(CC(=O)N2CCc3cnc(N4CCOCC4)nc3C2)cc1. The second kappa shape index (κ2) is 8.56. The Bertz CT molecular complexity index is 819. The molecule has 7 heteroatoms. The summed E-state index contributed by atoms with van der Waals surface area (Å²) < 4.78 is 10.9. The molecule has 0 atom stereocenters. The summed E-state index contributed by atoms with van der Waals surface area (Å²) in [7, 11) is 0. The summed E-state index contributed by atoms with van der Waals surface area (Å²) in [6, 6.07) is 7.75. The van der Waals surface area contributed by atoms with Crippen LogP contribution in [0.15, 0.2) is 30.5 Å². The summed E-state index contributed by atoms with van der Waals surface area (Å²) in [6.07, 6.45) is 3.11. The van der Waals surface area contributed by atoms with Crippen LogP contribution in [0, 0.1) is 0 Å². The van der Waals surface area contributed by atoms with E-state index in [1.807, 2.05) is 42.3 Å². The molecule has 0 saturated carbocycles. The highest BCUT2D eigenvalue weighted by molar-refractivity contribution is 5.79. The van der Waals surface area contributed by atoms with E-state index in [2.05, 4.69) is 9.88 Å². The van der Waals surface area contributed by atoms with E-state index in [1.165, 1.54) is 0 Å². The van der Waals surface area contributed by atoms with E-state index in [0.29, 0.717) is 39.3 Å². The highest BCUT2D eigenvalue weighted by atomic mass is 16.5. The summed E-state index contributed by atoms with van der Waals surface area (Å²) in [5, 5.41) is 0. The summed E-state index contributed by atoms with van der Waals surface area (Å²) in [6.45, 7) is 6.87. The van der Waals surface area contributed by atoms with Gasteiger partial charge < -0.3 is 19.3 Å². The molecule has 2 aromatic rings. The largest absolute Gasteiger partial charge is 0.494 e. The van der Waals surface area contributed by atoms with E-state index >= 15 is 0 Å². The number of rotatable bonds is 5.